The molecule has 0 atom stereocenters. The van der Waals surface area contributed by atoms with Crippen LogP contribution in [0, 0.1) is 0 Å². The first-order chi connectivity index (χ1) is 9.86. The lowest BCUT2D eigenvalue weighted by Gasteiger charge is -2.40. The monoisotopic (exact) mass is 296 g/mol. The van der Waals surface area contributed by atoms with Gasteiger partial charge in [-0.25, -0.2) is 5.84 Å². The van der Waals surface area contributed by atoms with Gasteiger partial charge in [0.1, 0.15) is 10.7 Å². The average Bonchev–Trinajstić information content (AvgIpc) is 2.96. The molecule has 3 N–H and O–H groups in total. The van der Waals surface area contributed by atoms with Gasteiger partial charge in [-0.15, -0.1) is 5.10 Å². The number of rotatable bonds is 4. The molecule has 0 radical (unpaired) electrons. The molecule has 0 amide bonds. The van der Waals surface area contributed by atoms with Crippen molar-refractivity contribution in [2.45, 2.75) is 44.7 Å². The molecule has 2 fully saturated rings. The molecule has 20 heavy (non-hydrogen) atoms. The van der Waals surface area contributed by atoms with E-state index in [2.05, 4.69) is 24.8 Å². The fraction of sp³-hybridized carbons (Fsp3) is 0.846. The van der Waals surface area contributed by atoms with E-state index >= 15 is 0 Å². The van der Waals surface area contributed by atoms with Crippen LogP contribution in [0.5, 0.6) is 0 Å². The lowest BCUT2D eigenvalue weighted by Crippen LogP contribution is -2.46. The number of hydrogen-bond acceptors (Lipinski definition) is 7. The Balaban J connectivity index is 1.48. The molecule has 1 aromatic heterocycles. The highest BCUT2D eigenvalue weighted by Gasteiger charge is 2.26. The Morgan fingerprint density at radius 3 is 2.60 bits per heavy atom. The molecule has 3 heterocycles. The van der Waals surface area contributed by atoms with Gasteiger partial charge < -0.3 is 10.3 Å². The summed E-state index contributed by atoms with van der Waals surface area (Å²) in [5, 5.41) is 5.06. The second-order valence-electron chi connectivity index (χ2n) is 5.80. The Kier molecular flexibility index (Phi) is 4.82. The summed E-state index contributed by atoms with van der Waals surface area (Å²) in [6.07, 6.45) is 6.75. The van der Waals surface area contributed by atoms with Crippen LogP contribution in [0.15, 0.2) is 0 Å². The molecular formula is C13H24N6S. The zero-order valence-corrected chi connectivity index (χ0v) is 12.7. The van der Waals surface area contributed by atoms with Crippen molar-refractivity contribution in [1.29, 1.82) is 0 Å². The zero-order chi connectivity index (χ0) is 13.8. The SMILES string of the molecule is NNc1snnc1CN1CCC(N2CCCCC2)CC1. The molecule has 2 aliphatic heterocycles. The van der Waals surface area contributed by atoms with Crippen LogP contribution in [-0.4, -0.2) is 51.6 Å². The van der Waals surface area contributed by atoms with Gasteiger partial charge in [0, 0.05) is 37.2 Å². The lowest BCUT2D eigenvalue weighted by molar-refractivity contribution is 0.0892. The molecule has 1 aromatic rings. The molecule has 0 unspecified atom stereocenters. The van der Waals surface area contributed by atoms with Gasteiger partial charge in [0.15, 0.2) is 0 Å². The van der Waals surface area contributed by atoms with Crippen molar-refractivity contribution in [2.75, 3.05) is 31.6 Å². The summed E-state index contributed by atoms with van der Waals surface area (Å²) >= 11 is 1.33. The largest absolute Gasteiger partial charge is 0.313 e. The van der Waals surface area contributed by atoms with Crippen molar-refractivity contribution >= 4 is 16.5 Å². The first-order valence-corrected chi connectivity index (χ1v) is 8.38. The Morgan fingerprint density at radius 2 is 1.90 bits per heavy atom. The van der Waals surface area contributed by atoms with Crippen LogP contribution >= 0.6 is 11.5 Å². The highest BCUT2D eigenvalue weighted by Crippen LogP contribution is 2.23. The minimum Gasteiger partial charge on any atom is -0.313 e. The highest BCUT2D eigenvalue weighted by atomic mass is 32.1. The van der Waals surface area contributed by atoms with E-state index in [-0.39, 0.29) is 0 Å². The summed E-state index contributed by atoms with van der Waals surface area (Å²) in [5.41, 5.74) is 3.66. The second kappa shape index (κ2) is 6.80. The minimum absolute atomic E-state index is 0.798. The molecule has 7 heteroatoms. The number of piperidine rings is 2. The number of anilines is 1. The van der Waals surface area contributed by atoms with Gasteiger partial charge in [-0.2, -0.15) is 0 Å². The maximum atomic E-state index is 5.47. The summed E-state index contributed by atoms with van der Waals surface area (Å²) < 4.78 is 3.96. The minimum atomic E-state index is 0.798. The molecule has 6 nitrogen and oxygen atoms in total. The standard InChI is InChI=1S/C13H24N6S/c14-15-13-12(16-17-20-13)10-18-8-4-11(5-9-18)19-6-2-1-3-7-19/h11,15H,1-10,14H2. The maximum absolute atomic E-state index is 5.47. The van der Waals surface area contributed by atoms with Crippen LogP contribution in [0.2, 0.25) is 0 Å². The quantitative estimate of drug-likeness (QED) is 0.644. The summed E-state index contributed by atoms with van der Waals surface area (Å²) in [5.74, 6) is 5.47. The smallest absolute Gasteiger partial charge is 0.148 e. The van der Waals surface area contributed by atoms with Gasteiger partial charge in [0.2, 0.25) is 0 Å². The Bertz CT molecular complexity index is 409. The van der Waals surface area contributed by atoms with Gasteiger partial charge in [-0.05, 0) is 38.8 Å². The fourth-order valence-electron chi connectivity index (χ4n) is 3.36. The molecule has 0 aliphatic carbocycles. The normalized spacial score (nSPS) is 23.1. The van der Waals surface area contributed by atoms with Gasteiger partial charge in [0.05, 0.1) is 0 Å². The third kappa shape index (κ3) is 3.28. The van der Waals surface area contributed by atoms with Crippen LogP contribution in [0.4, 0.5) is 5.00 Å². The average molecular weight is 296 g/mol. The van der Waals surface area contributed by atoms with E-state index < -0.39 is 0 Å². The van der Waals surface area contributed by atoms with E-state index in [1.165, 1.54) is 56.7 Å². The number of nitrogens with one attached hydrogen (secondary N) is 1. The number of hydrazine groups is 1. The Labute approximate surface area is 124 Å². The first kappa shape index (κ1) is 14.2. The van der Waals surface area contributed by atoms with Crippen LogP contribution in [0.1, 0.15) is 37.8 Å². The molecule has 0 aromatic carbocycles. The predicted octanol–water partition coefficient (Wildman–Crippen LogP) is 1.27. The van der Waals surface area contributed by atoms with Crippen molar-refractivity contribution in [1.82, 2.24) is 19.4 Å². The van der Waals surface area contributed by atoms with Gasteiger partial charge >= 0.3 is 0 Å². The Hall–Kier alpha value is -0.760. The lowest BCUT2D eigenvalue weighted by atomic mass is 10.00. The topological polar surface area (TPSA) is 70.3 Å². The second-order valence-corrected chi connectivity index (χ2v) is 6.55. The summed E-state index contributed by atoms with van der Waals surface area (Å²) in [6.45, 7) is 5.79. The third-order valence-electron chi connectivity index (χ3n) is 4.52. The highest BCUT2D eigenvalue weighted by molar-refractivity contribution is 7.10. The van der Waals surface area contributed by atoms with Crippen molar-refractivity contribution in [3.63, 3.8) is 0 Å². The third-order valence-corrected chi connectivity index (χ3v) is 5.22. The van der Waals surface area contributed by atoms with E-state index in [4.69, 9.17) is 5.84 Å². The number of nitrogens with zero attached hydrogens (tertiary/aromatic N) is 4. The van der Waals surface area contributed by atoms with E-state index in [0.29, 0.717) is 0 Å². The zero-order valence-electron chi connectivity index (χ0n) is 11.9. The van der Waals surface area contributed by atoms with Crippen LogP contribution < -0.4 is 11.3 Å². The number of nitrogens with two attached hydrogens (primary N) is 1. The molecule has 2 aliphatic rings. The van der Waals surface area contributed by atoms with Gasteiger partial charge in [-0.3, -0.25) is 4.90 Å². The maximum Gasteiger partial charge on any atom is 0.148 e. The summed E-state index contributed by atoms with van der Waals surface area (Å²) in [4.78, 5) is 5.18. The molecule has 0 saturated carbocycles. The van der Waals surface area contributed by atoms with E-state index in [1.54, 1.807) is 0 Å². The first-order valence-electron chi connectivity index (χ1n) is 7.61. The van der Waals surface area contributed by atoms with Crippen LogP contribution in [0.25, 0.3) is 0 Å². The fourth-order valence-corrected chi connectivity index (χ4v) is 3.84. The van der Waals surface area contributed by atoms with Crippen LogP contribution in [0.3, 0.4) is 0 Å². The van der Waals surface area contributed by atoms with Gasteiger partial charge in [-0.1, -0.05) is 10.9 Å². The summed E-state index contributed by atoms with van der Waals surface area (Å²) in [7, 11) is 0. The molecular weight excluding hydrogens is 272 g/mol. The van der Waals surface area contributed by atoms with E-state index in [9.17, 15) is 0 Å². The Morgan fingerprint density at radius 1 is 1.15 bits per heavy atom. The molecule has 0 bridgehead atoms. The molecule has 0 spiro atoms. The van der Waals surface area contributed by atoms with Crippen molar-refractivity contribution in [3.05, 3.63) is 5.69 Å². The van der Waals surface area contributed by atoms with Crippen LogP contribution in [-0.2, 0) is 6.54 Å². The van der Waals surface area contributed by atoms with E-state index in [0.717, 1.165) is 36.4 Å². The summed E-state index contributed by atoms with van der Waals surface area (Å²) in [6, 6.07) is 0.798. The van der Waals surface area contributed by atoms with Crippen molar-refractivity contribution < 1.29 is 0 Å². The number of aromatic nitrogens is 2. The predicted molar refractivity (Wildman–Crippen MR) is 81.4 cm³/mol. The van der Waals surface area contributed by atoms with E-state index in [1.807, 2.05) is 0 Å². The van der Waals surface area contributed by atoms with Crippen molar-refractivity contribution in [2.24, 2.45) is 5.84 Å². The molecule has 2 saturated heterocycles. The number of hydrogen-bond donors (Lipinski definition) is 2. The van der Waals surface area contributed by atoms with Crippen molar-refractivity contribution in [3.8, 4) is 0 Å². The van der Waals surface area contributed by atoms with Gasteiger partial charge in [0.25, 0.3) is 0 Å². The molecule has 112 valence electrons. The number of nitrogen functional groups attached to an aromatic ring is 1. The molecule has 3 rings (SSSR count). The number of likely N-dealkylation sites (tertiary alicyclic amines) is 2.